The molecule has 1 atom stereocenters. The monoisotopic (exact) mass is 352 g/mol. The first-order chi connectivity index (χ1) is 11.0. The van der Waals surface area contributed by atoms with Gasteiger partial charge in [-0.05, 0) is 18.1 Å². The van der Waals surface area contributed by atoms with E-state index in [1.54, 1.807) is 6.08 Å². The van der Waals surface area contributed by atoms with E-state index >= 15 is 0 Å². The molecule has 2 fully saturated rings. The first kappa shape index (κ1) is 16.2. The van der Waals surface area contributed by atoms with Crippen molar-refractivity contribution in [2.75, 3.05) is 18.8 Å². The maximum Gasteiger partial charge on any atom is 0.289 e. The van der Waals surface area contributed by atoms with Crippen LogP contribution in [0.1, 0.15) is 12.0 Å². The fraction of sp³-hybridized carbons (Fsp3) is 0.333. The van der Waals surface area contributed by atoms with E-state index < -0.39 is 10.0 Å². The quantitative estimate of drug-likeness (QED) is 0.825. The maximum absolute atomic E-state index is 12.4. The molecule has 6 nitrogen and oxygen atoms in total. The van der Waals surface area contributed by atoms with Gasteiger partial charge in [0, 0.05) is 18.5 Å². The van der Waals surface area contributed by atoms with Gasteiger partial charge in [-0.15, -0.1) is 0 Å². The SMILES string of the molecule is O=C1CSC(=O)N1C1CCN(S(=O)(=O)/C=C/c2ccccc2)C1. The lowest BCUT2D eigenvalue weighted by atomic mass is 10.2. The summed E-state index contributed by atoms with van der Waals surface area (Å²) in [7, 11) is -3.56. The Bertz CT molecular complexity index is 730. The number of imide groups is 1. The van der Waals surface area contributed by atoms with E-state index in [2.05, 4.69) is 0 Å². The zero-order valence-electron chi connectivity index (χ0n) is 12.3. The highest BCUT2D eigenvalue weighted by Gasteiger charge is 2.41. The largest absolute Gasteiger partial charge is 0.289 e. The van der Waals surface area contributed by atoms with Crippen LogP contribution < -0.4 is 0 Å². The smallest absolute Gasteiger partial charge is 0.273 e. The van der Waals surface area contributed by atoms with Crippen LogP contribution in [0.4, 0.5) is 4.79 Å². The van der Waals surface area contributed by atoms with E-state index in [1.807, 2.05) is 30.3 Å². The lowest BCUT2D eigenvalue weighted by Crippen LogP contribution is -2.41. The number of hydrogen-bond donors (Lipinski definition) is 0. The molecule has 0 N–H and O–H groups in total. The standard InChI is InChI=1S/C15H16N2O4S2/c18-14-11-22-15(19)17(14)13-6-8-16(10-13)23(20,21)9-7-12-4-2-1-3-5-12/h1-5,7,9,13H,6,8,10-11H2/b9-7+. The molecule has 2 saturated heterocycles. The molecule has 2 aliphatic rings. The molecule has 1 aromatic rings. The molecule has 3 rings (SSSR count). The molecular formula is C15H16N2O4S2. The number of nitrogens with zero attached hydrogens (tertiary/aromatic N) is 2. The Hall–Kier alpha value is -1.64. The van der Waals surface area contributed by atoms with Crippen molar-refractivity contribution >= 4 is 39.0 Å². The number of carbonyl (C=O) groups is 2. The van der Waals surface area contributed by atoms with Crippen LogP contribution in [0.5, 0.6) is 0 Å². The average Bonchev–Trinajstić information content (AvgIpc) is 3.14. The predicted octanol–water partition coefficient (Wildman–Crippen LogP) is 1.76. The zero-order valence-corrected chi connectivity index (χ0v) is 13.9. The molecule has 2 aliphatic heterocycles. The third-order valence-corrected chi connectivity index (χ3v) is 6.23. The summed E-state index contributed by atoms with van der Waals surface area (Å²) in [5.41, 5.74) is 0.799. The molecule has 0 spiro atoms. The van der Waals surface area contributed by atoms with Crippen LogP contribution in [-0.4, -0.2) is 53.7 Å². The highest BCUT2D eigenvalue weighted by molar-refractivity contribution is 8.14. The van der Waals surface area contributed by atoms with Gasteiger partial charge in [0.05, 0.1) is 11.8 Å². The van der Waals surface area contributed by atoms with Crippen molar-refractivity contribution in [3.8, 4) is 0 Å². The summed E-state index contributed by atoms with van der Waals surface area (Å²) in [6.45, 7) is 0.480. The third-order valence-electron chi connectivity index (χ3n) is 3.87. The fourth-order valence-corrected chi connectivity index (χ4v) is 4.70. The summed E-state index contributed by atoms with van der Waals surface area (Å²) in [4.78, 5) is 24.7. The average molecular weight is 352 g/mol. The van der Waals surface area contributed by atoms with Crippen molar-refractivity contribution in [3.05, 3.63) is 41.3 Å². The fourth-order valence-electron chi connectivity index (χ4n) is 2.68. The van der Waals surface area contributed by atoms with Gasteiger partial charge in [0.2, 0.25) is 15.9 Å². The minimum atomic E-state index is -3.56. The van der Waals surface area contributed by atoms with Gasteiger partial charge in [-0.2, -0.15) is 4.31 Å². The molecule has 0 bridgehead atoms. The van der Waals surface area contributed by atoms with E-state index in [1.165, 1.54) is 14.6 Å². The van der Waals surface area contributed by atoms with E-state index in [-0.39, 0.29) is 29.5 Å². The summed E-state index contributed by atoms with van der Waals surface area (Å²) < 4.78 is 26.1. The molecule has 0 aliphatic carbocycles. The van der Waals surface area contributed by atoms with Crippen LogP contribution in [0, 0.1) is 0 Å². The number of amides is 2. The Balaban J connectivity index is 1.69. The summed E-state index contributed by atoms with van der Waals surface area (Å²) in [5, 5.41) is 0.895. The molecule has 0 saturated carbocycles. The lowest BCUT2D eigenvalue weighted by Gasteiger charge is -2.21. The normalized spacial score (nSPS) is 23.3. The maximum atomic E-state index is 12.4. The second-order valence-electron chi connectivity index (χ2n) is 5.38. The molecule has 0 radical (unpaired) electrons. The summed E-state index contributed by atoms with van der Waals surface area (Å²) in [5.74, 6) is -0.0835. The van der Waals surface area contributed by atoms with Crippen LogP contribution in [0.3, 0.4) is 0 Å². The Morgan fingerprint density at radius 2 is 1.91 bits per heavy atom. The van der Waals surface area contributed by atoms with Crippen molar-refractivity contribution in [3.63, 3.8) is 0 Å². The molecular weight excluding hydrogens is 336 g/mol. The topological polar surface area (TPSA) is 74.8 Å². The Morgan fingerprint density at radius 1 is 1.17 bits per heavy atom. The van der Waals surface area contributed by atoms with Gasteiger partial charge in [0.15, 0.2) is 0 Å². The van der Waals surface area contributed by atoms with Crippen LogP contribution >= 0.6 is 11.8 Å². The van der Waals surface area contributed by atoms with Gasteiger partial charge in [-0.1, -0.05) is 42.1 Å². The van der Waals surface area contributed by atoms with Crippen LogP contribution in [0.15, 0.2) is 35.7 Å². The van der Waals surface area contributed by atoms with E-state index in [4.69, 9.17) is 0 Å². The number of sulfonamides is 1. The molecule has 1 unspecified atom stereocenters. The highest BCUT2D eigenvalue weighted by Crippen LogP contribution is 2.27. The third kappa shape index (κ3) is 3.49. The van der Waals surface area contributed by atoms with Crippen LogP contribution in [0.2, 0.25) is 0 Å². The number of rotatable bonds is 4. The number of benzene rings is 1. The van der Waals surface area contributed by atoms with Gasteiger partial charge >= 0.3 is 0 Å². The number of hydrogen-bond acceptors (Lipinski definition) is 5. The van der Waals surface area contributed by atoms with Gasteiger partial charge < -0.3 is 0 Å². The van der Waals surface area contributed by atoms with Crippen LogP contribution in [0.25, 0.3) is 6.08 Å². The first-order valence-electron chi connectivity index (χ1n) is 7.19. The minimum Gasteiger partial charge on any atom is -0.273 e. The van der Waals surface area contributed by atoms with Crippen molar-refractivity contribution in [2.45, 2.75) is 12.5 Å². The second-order valence-corrected chi connectivity index (χ2v) is 8.12. The van der Waals surface area contributed by atoms with Crippen molar-refractivity contribution < 1.29 is 18.0 Å². The molecule has 0 aromatic heterocycles. The summed E-state index contributed by atoms with van der Waals surface area (Å²) in [6.07, 6.45) is 2.03. The molecule has 8 heteroatoms. The molecule has 2 heterocycles. The van der Waals surface area contributed by atoms with Gasteiger partial charge in [-0.3, -0.25) is 14.5 Å². The van der Waals surface area contributed by atoms with Gasteiger partial charge in [-0.25, -0.2) is 8.42 Å². The first-order valence-corrected chi connectivity index (χ1v) is 9.68. The minimum absolute atomic E-state index is 0.149. The summed E-state index contributed by atoms with van der Waals surface area (Å²) >= 11 is 0.972. The van der Waals surface area contributed by atoms with Gasteiger partial charge in [0.25, 0.3) is 5.24 Å². The van der Waals surface area contributed by atoms with Crippen LogP contribution in [-0.2, 0) is 14.8 Å². The predicted molar refractivity (Wildman–Crippen MR) is 89.1 cm³/mol. The number of thioether (sulfide) groups is 1. The van der Waals surface area contributed by atoms with Gasteiger partial charge in [0.1, 0.15) is 0 Å². The van der Waals surface area contributed by atoms with E-state index in [0.717, 1.165) is 17.3 Å². The number of carbonyl (C=O) groups excluding carboxylic acids is 2. The van der Waals surface area contributed by atoms with Crippen molar-refractivity contribution in [2.24, 2.45) is 0 Å². The molecule has 122 valence electrons. The second kappa shape index (κ2) is 6.46. The Kier molecular flexibility index (Phi) is 4.56. The Labute approximate surface area is 139 Å². The van der Waals surface area contributed by atoms with Crippen molar-refractivity contribution in [1.29, 1.82) is 0 Å². The zero-order chi connectivity index (χ0) is 16.4. The summed E-state index contributed by atoms with van der Waals surface area (Å²) in [6, 6.07) is 8.81. The Morgan fingerprint density at radius 3 is 2.57 bits per heavy atom. The lowest BCUT2D eigenvalue weighted by molar-refractivity contribution is -0.126. The van der Waals surface area contributed by atoms with Crippen molar-refractivity contribution in [1.82, 2.24) is 9.21 Å². The molecule has 2 amide bonds. The highest BCUT2D eigenvalue weighted by atomic mass is 32.2. The van der Waals surface area contributed by atoms with E-state index in [9.17, 15) is 18.0 Å². The van der Waals surface area contributed by atoms with E-state index in [0.29, 0.717) is 13.0 Å². The molecule has 1 aromatic carbocycles. The molecule has 23 heavy (non-hydrogen) atoms.